The number of halogens is 1. The number of carboxylic acids is 1. The first-order valence-electron chi connectivity index (χ1n) is 5.49. The molecular formula is C12H11ClN2O3S. The smallest absolute Gasteiger partial charge is 0.313 e. The molecule has 0 amide bonds. The molecule has 0 spiro atoms. The van der Waals surface area contributed by atoms with Gasteiger partial charge in [-0.2, -0.15) is 4.98 Å². The summed E-state index contributed by atoms with van der Waals surface area (Å²) < 4.78 is 5.04. The molecule has 2 rings (SSSR count). The van der Waals surface area contributed by atoms with Crippen LogP contribution in [0.2, 0.25) is 5.02 Å². The summed E-state index contributed by atoms with van der Waals surface area (Å²) in [6.45, 7) is 0. The topological polar surface area (TPSA) is 76.2 Å². The van der Waals surface area contributed by atoms with Crippen molar-refractivity contribution in [3.05, 3.63) is 46.6 Å². The van der Waals surface area contributed by atoms with Crippen LogP contribution in [-0.2, 0) is 17.0 Å². The Morgan fingerprint density at radius 1 is 1.47 bits per heavy atom. The van der Waals surface area contributed by atoms with E-state index in [9.17, 15) is 4.79 Å². The van der Waals surface area contributed by atoms with Crippen LogP contribution in [0.3, 0.4) is 0 Å². The molecule has 0 fully saturated rings. The number of aromatic nitrogens is 2. The molecule has 0 radical (unpaired) electrons. The van der Waals surface area contributed by atoms with E-state index in [1.165, 1.54) is 11.8 Å². The highest BCUT2D eigenvalue weighted by Gasteiger charge is 2.08. The third kappa shape index (κ3) is 4.57. The third-order valence-corrected chi connectivity index (χ3v) is 3.35. The lowest BCUT2D eigenvalue weighted by Gasteiger charge is -1.96. The summed E-state index contributed by atoms with van der Waals surface area (Å²) in [5, 5.41) is 13.0. The minimum Gasteiger partial charge on any atom is -0.481 e. The fourth-order valence-electron chi connectivity index (χ4n) is 1.48. The second kappa shape index (κ2) is 6.58. The van der Waals surface area contributed by atoms with E-state index < -0.39 is 5.97 Å². The van der Waals surface area contributed by atoms with E-state index in [-0.39, 0.29) is 5.75 Å². The minimum absolute atomic E-state index is 0.0198. The number of hydrogen-bond donors (Lipinski definition) is 1. The molecule has 7 heteroatoms. The zero-order chi connectivity index (χ0) is 13.7. The van der Waals surface area contributed by atoms with Gasteiger partial charge in [0, 0.05) is 11.4 Å². The van der Waals surface area contributed by atoms with E-state index >= 15 is 0 Å². The van der Waals surface area contributed by atoms with Gasteiger partial charge in [-0.25, -0.2) is 0 Å². The van der Waals surface area contributed by atoms with Crippen LogP contribution < -0.4 is 0 Å². The van der Waals surface area contributed by atoms with E-state index in [1.807, 2.05) is 18.2 Å². The summed E-state index contributed by atoms with van der Waals surface area (Å²) in [6, 6.07) is 7.44. The Morgan fingerprint density at radius 2 is 2.32 bits per heavy atom. The molecular weight excluding hydrogens is 288 g/mol. The molecule has 0 unspecified atom stereocenters. The Balaban J connectivity index is 1.92. The Morgan fingerprint density at radius 3 is 3.05 bits per heavy atom. The first kappa shape index (κ1) is 13.9. The van der Waals surface area contributed by atoms with E-state index in [1.54, 1.807) is 6.07 Å². The van der Waals surface area contributed by atoms with Crippen molar-refractivity contribution >= 4 is 29.3 Å². The molecule has 2 aromatic rings. The Bertz CT molecular complexity index is 574. The van der Waals surface area contributed by atoms with Gasteiger partial charge in [0.05, 0.1) is 11.5 Å². The fourth-order valence-corrected chi connectivity index (χ4v) is 2.26. The highest BCUT2D eigenvalue weighted by Crippen LogP contribution is 2.15. The molecule has 100 valence electrons. The summed E-state index contributed by atoms with van der Waals surface area (Å²) in [4.78, 5) is 14.6. The van der Waals surface area contributed by atoms with Crippen molar-refractivity contribution in [3.8, 4) is 0 Å². The van der Waals surface area contributed by atoms with E-state index in [0.29, 0.717) is 28.9 Å². The maximum Gasteiger partial charge on any atom is 0.313 e. The molecule has 0 atom stereocenters. The van der Waals surface area contributed by atoms with Crippen molar-refractivity contribution < 1.29 is 14.4 Å². The second-order valence-electron chi connectivity index (χ2n) is 3.80. The van der Waals surface area contributed by atoms with Gasteiger partial charge in [-0.1, -0.05) is 28.9 Å². The number of nitrogens with zero attached hydrogens (tertiary/aromatic N) is 2. The molecule has 1 aromatic heterocycles. The van der Waals surface area contributed by atoms with Crippen LogP contribution in [0.15, 0.2) is 28.8 Å². The lowest BCUT2D eigenvalue weighted by Crippen LogP contribution is -1.98. The molecule has 1 aromatic carbocycles. The van der Waals surface area contributed by atoms with Crippen LogP contribution in [0.1, 0.15) is 17.3 Å². The summed E-state index contributed by atoms with van der Waals surface area (Å²) in [6.07, 6.45) is 0.535. The molecule has 0 aliphatic heterocycles. The van der Waals surface area contributed by atoms with Crippen LogP contribution in [-0.4, -0.2) is 27.0 Å². The quantitative estimate of drug-likeness (QED) is 0.883. The van der Waals surface area contributed by atoms with Crippen LogP contribution in [0, 0.1) is 0 Å². The zero-order valence-corrected chi connectivity index (χ0v) is 11.4. The van der Waals surface area contributed by atoms with Gasteiger partial charge in [0.1, 0.15) is 0 Å². The molecule has 1 heterocycles. The van der Waals surface area contributed by atoms with Gasteiger partial charge >= 0.3 is 5.97 Å². The lowest BCUT2D eigenvalue weighted by molar-refractivity contribution is -0.133. The highest BCUT2D eigenvalue weighted by atomic mass is 35.5. The molecule has 0 aliphatic rings. The minimum atomic E-state index is -0.858. The summed E-state index contributed by atoms with van der Waals surface area (Å²) >= 11 is 7.11. The number of benzene rings is 1. The van der Waals surface area contributed by atoms with Crippen molar-refractivity contribution in [2.75, 3.05) is 5.75 Å². The lowest BCUT2D eigenvalue weighted by atomic mass is 10.1. The molecule has 0 saturated heterocycles. The van der Waals surface area contributed by atoms with Crippen LogP contribution in [0.25, 0.3) is 0 Å². The van der Waals surface area contributed by atoms with Gasteiger partial charge in [0.15, 0.2) is 5.82 Å². The van der Waals surface area contributed by atoms with Crippen LogP contribution in [0.4, 0.5) is 0 Å². The molecule has 0 bridgehead atoms. The Hall–Kier alpha value is -1.53. The highest BCUT2D eigenvalue weighted by molar-refractivity contribution is 7.99. The predicted molar refractivity (Wildman–Crippen MR) is 72.4 cm³/mol. The summed E-state index contributed by atoms with van der Waals surface area (Å²) in [5.74, 6) is 0.557. The van der Waals surface area contributed by atoms with Crippen molar-refractivity contribution in [2.24, 2.45) is 0 Å². The SMILES string of the molecule is O=C(O)CSCc1nc(Cc2cccc(Cl)c2)no1. The second-order valence-corrected chi connectivity index (χ2v) is 5.22. The average molecular weight is 299 g/mol. The van der Waals surface area contributed by atoms with Crippen molar-refractivity contribution in [3.63, 3.8) is 0 Å². The van der Waals surface area contributed by atoms with Gasteiger partial charge in [0.25, 0.3) is 0 Å². The van der Waals surface area contributed by atoms with E-state index in [0.717, 1.165) is 5.56 Å². The standard InChI is InChI=1S/C12H11ClN2O3S/c13-9-3-1-2-8(4-9)5-10-14-11(18-15-10)6-19-7-12(16)17/h1-4H,5-7H2,(H,16,17). The monoisotopic (exact) mass is 298 g/mol. The molecule has 1 N–H and O–H groups in total. The number of carboxylic acid groups (broad SMARTS) is 1. The summed E-state index contributed by atoms with van der Waals surface area (Å²) in [7, 11) is 0. The van der Waals surface area contributed by atoms with Crippen molar-refractivity contribution in [1.29, 1.82) is 0 Å². The Labute approximate surface area is 119 Å². The van der Waals surface area contributed by atoms with Gasteiger partial charge < -0.3 is 9.63 Å². The number of rotatable bonds is 6. The largest absolute Gasteiger partial charge is 0.481 e. The van der Waals surface area contributed by atoms with Gasteiger partial charge in [0.2, 0.25) is 5.89 Å². The molecule has 0 saturated carbocycles. The molecule has 19 heavy (non-hydrogen) atoms. The maximum absolute atomic E-state index is 10.4. The third-order valence-electron chi connectivity index (χ3n) is 2.21. The Kier molecular flexibility index (Phi) is 4.81. The zero-order valence-electron chi connectivity index (χ0n) is 9.88. The summed E-state index contributed by atoms with van der Waals surface area (Å²) in [5.41, 5.74) is 0.998. The van der Waals surface area contributed by atoms with Crippen LogP contribution in [0.5, 0.6) is 0 Å². The fraction of sp³-hybridized carbons (Fsp3) is 0.250. The van der Waals surface area contributed by atoms with Gasteiger partial charge in [-0.15, -0.1) is 11.8 Å². The maximum atomic E-state index is 10.4. The number of aliphatic carboxylic acids is 1. The molecule has 0 aliphatic carbocycles. The van der Waals surface area contributed by atoms with Gasteiger partial charge in [-0.05, 0) is 17.7 Å². The van der Waals surface area contributed by atoms with Gasteiger partial charge in [-0.3, -0.25) is 4.79 Å². The number of carbonyl (C=O) groups is 1. The number of thioether (sulfide) groups is 1. The van der Waals surface area contributed by atoms with Crippen molar-refractivity contribution in [1.82, 2.24) is 10.1 Å². The van der Waals surface area contributed by atoms with E-state index in [4.69, 9.17) is 21.2 Å². The normalized spacial score (nSPS) is 10.6. The molecule has 5 nitrogen and oxygen atoms in total. The van der Waals surface area contributed by atoms with Crippen molar-refractivity contribution in [2.45, 2.75) is 12.2 Å². The first-order chi connectivity index (χ1) is 9.13. The van der Waals surface area contributed by atoms with Crippen LogP contribution >= 0.6 is 23.4 Å². The predicted octanol–water partition coefficient (Wildman–Crippen LogP) is 2.63. The first-order valence-corrected chi connectivity index (χ1v) is 7.02. The van der Waals surface area contributed by atoms with E-state index in [2.05, 4.69) is 10.1 Å². The average Bonchev–Trinajstić information content (AvgIpc) is 2.76. The number of hydrogen-bond acceptors (Lipinski definition) is 5.